The van der Waals surface area contributed by atoms with Crippen molar-refractivity contribution in [2.45, 2.75) is 13.0 Å². The van der Waals surface area contributed by atoms with Crippen LogP contribution in [0.2, 0.25) is 0 Å². The predicted molar refractivity (Wildman–Crippen MR) is 53.1 cm³/mol. The molecule has 0 aliphatic heterocycles. The first-order valence-corrected chi connectivity index (χ1v) is 5.96. The SMILES string of the molecule is CC(NCCS(N)(=O)=O)c1ccoc1. The molecule has 0 saturated heterocycles. The molecule has 1 unspecified atom stereocenters. The Morgan fingerprint density at radius 2 is 2.36 bits per heavy atom. The topological polar surface area (TPSA) is 85.3 Å². The summed E-state index contributed by atoms with van der Waals surface area (Å²) in [6.45, 7) is 2.26. The molecule has 0 aliphatic rings. The highest BCUT2D eigenvalue weighted by Gasteiger charge is 2.07. The van der Waals surface area contributed by atoms with Crippen molar-refractivity contribution in [3.8, 4) is 0 Å². The zero-order valence-electron chi connectivity index (χ0n) is 7.93. The molecule has 0 bridgehead atoms. The lowest BCUT2D eigenvalue weighted by atomic mass is 10.2. The van der Waals surface area contributed by atoms with Gasteiger partial charge < -0.3 is 9.73 Å². The molecule has 0 fully saturated rings. The first-order valence-electron chi connectivity index (χ1n) is 4.25. The molecule has 3 N–H and O–H groups in total. The van der Waals surface area contributed by atoms with Crippen molar-refractivity contribution in [2.75, 3.05) is 12.3 Å². The third-order valence-corrected chi connectivity index (χ3v) is 2.65. The molecule has 6 heteroatoms. The first-order chi connectivity index (χ1) is 6.49. The van der Waals surface area contributed by atoms with Crippen LogP contribution in [0.1, 0.15) is 18.5 Å². The molecule has 0 radical (unpaired) electrons. The number of sulfonamides is 1. The van der Waals surface area contributed by atoms with Gasteiger partial charge >= 0.3 is 0 Å². The molecule has 5 nitrogen and oxygen atoms in total. The molecule has 1 aromatic rings. The molecule has 0 amide bonds. The molecule has 1 aromatic heterocycles. The van der Waals surface area contributed by atoms with Crippen molar-refractivity contribution < 1.29 is 12.8 Å². The summed E-state index contributed by atoms with van der Waals surface area (Å²) in [6.07, 6.45) is 3.20. The summed E-state index contributed by atoms with van der Waals surface area (Å²) in [7, 11) is -3.37. The lowest BCUT2D eigenvalue weighted by Gasteiger charge is -2.10. The number of hydrogen-bond donors (Lipinski definition) is 2. The third kappa shape index (κ3) is 3.91. The van der Waals surface area contributed by atoms with Crippen LogP contribution in [0.4, 0.5) is 0 Å². The van der Waals surface area contributed by atoms with Gasteiger partial charge in [-0.1, -0.05) is 0 Å². The minimum atomic E-state index is -3.37. The Balaban J connectivity index is 2.33. The molecule has 0 spiro atoms. The Morgan fingerprint density at radius 3 is 2.86 bits per heavy atom. The zero-order valence-corrected chi connectivity index (χ0v) is 8.75. The molecule has 1 atom stereocenters. The fourth-order valence-corrected chi connectivity index (χ4v) is 1.46. The fourth-order valence-electron chi connectivity index (χ4n) is 1.06. The van der Waals surface area contributed by atoms with Crippen LogP contribution in [0, 0.1) is 0 Å². The number of primary sulfonamides is 1. The second kappa shape index (κ2) is 4.59. The predicted octanol–water partition coefficient (Wildman–Crippen LogP) is 0.219. The van der Waals surface area contributed by atoms with E-state index in [0.717, 1.165) is 5.56 Å². The molecule has 80 valence electrons. The van der Waals surface area contributed by atoms with E-state index in [9.17, 15) is 8.42 Å². The molecule has 1 rings (SSSR count). The van der Waals surface area contributed by atoms with Crippen molar-refractivity contribution in [2.24, 2.45) is 5.14 Å². The van der Waals surface area contributed by atoms with Gasteiger partial charge in [0.2, 0.25) is 10.0 Å². The number of furan rings is 1. The number of nitrogens with one attached hydrogen (secondary N) is 1. The van der Waals surface area contributed by atoms with Gasteiger partial charge in [0.15, 0.2) is 0 Å². The van der Waals surface area contributed by atoms with E-state index >= 15 is 0 Å². The summed E-state index contributed by atoms with van der Waals surface area (Å²) in [5, 5.41) is 7.88. The van der Waals surface area contributed by atoms with Gasteiger partial charge in [-0.05, 0) is 13.0 Å². The van der Waals surface area contributed by atoms with Crippen molar-refractivity contribution in [3.05, 3.63) is 24.2 Å². The van der Waals surface area contributed by atoms with Crippen molar-refractivity contribution in [3.63, 3.8) is 0 Å². The second-order valence-corrected chi connectivity index (χ2v) is 4.83. The van der Waals surface area contributed by atoms with E-state index in [1.807, 2.05) is 13.0 Å². The molecule has 0 aliphatic carbocycles. The van der Waals surface area contributed by atoms with Crippen LogP contribution in [0.25, 0.3) is 0 Å². The van der Waals surface area contributed by atoms with E-state index in [-0.39, 0.29) is 11.8 Å². The Bertz CT molecular complexity index is 358. The van der Waals surface area contributed by atoms with Crippen molar-refractivity contribution in [1.82, 2.24) is 5.32 Å². The van der Waals surface area contributed by atoms with Gasteiger partial charge in [0.05, 0.1) is 18.3 Å². The maximum atomic E-state index is 10.6. The highest BCUT2D eigenvalue weighted by Crippen LogP contribution is 2.11. The van der Waals surface area contributed by atoms with Crippen LogP contribution in [-0.4, -0.2) is 20.7 Å². The van der Waals surface area contributed by atoms with Gasteiger partial charge in [-0.3, -0.25) is 0 Å². The monoisotopic (exact) mass is 218 g/mol. The van der Waals surface area contributed by atoms with Crippen LogP contribution in [0.5, 0.6) is 0 Å². The highest BCUT2D eigenvalue weighted by atomic mass is 32.2. The summed E-state index contributed by atoms with van der Waals surface area (Å²) in [6, 6.07) is 1.89. The van der Waals surface area contributed by atoms with Gasteiger partial charge in [-0.15, -0.1) is 0 Å². The summed E-state index contributed by atoms with van der Waals surface area (Å²) in [4.78, 5) is 0. The molecular weight excluding hydrogens is 204 g/mol. The number of rotatable bonds is 5. The largest absolute Gasteiger partial charge is 0.472 e. The molecule has 0 saturated carbocycles. The van der Waals surface area contributed by atoms with Gasteiger partial charge in [0.1, 0.15) is 0 Å². The Morgan fingerprint density at radius 1 is 1.64 bits per heavy atom. The van der Waals surface area contributed by atoms with Gasteiger partial charge in [-0.2, -0.15) is 0 Å². The zero-order chi connectivity index (χ0) is 10.6. The van der Waals surface area contributed by atoms with Crippen LogP contribution >= 0.6 is 0 Å². The first kappa shape index (κ1) is 11.2. The smallest absolute Gasteiger partial charge is 0.210 e. The Hall–Kier alpha value is -0.850. The molecule has 14 heavy (non-hydrogen) atoms. The fraction of sp³-hybridized carbons (Fsp3) is 0.500. The Labute approximate surface area is 83.3 Å². The minimum Gasteiger partial charge on any atom is -0.472 e. The Kier molecular flexibility index (Phi) is 3.68. The molecular formula is C8H14N2O3S. The van der Waals surface area contributed by atoms with E-state index in [1.54, 1.807) is 12.5 Å². The van der Waals surface area contributed by atoms with Crippen molar-refractivity contribution in [1.29, 1.82) is 0 Å². The van der Waals surface area contributed by atoms with E-state index < -0.39 is 10.0 Å². The minimum absolute atomic E-state index is 0.0603. The van der Waals surface area contributed by atoms with E-state index in [4.69, 9.17) is 9.56 Å². The lowest BCUT2D eigenvalue weighted by molar-refractivity contribution is 0.543. The number of hydrogen-bond acceptors (Lipinski definition) is 4. The normalized spacial score (nSPS) is 14.1. The summed E-state index contributed by atoms with van der Waals surface area (Å²) < 4.78 is 26.1. The summed E-state index contributed by atoms with van der Waals surface area (Å²) in [5.41, 5.74) is 0.986. The van der Waals surface area contributed by atoms with E-state index in [1.165, 1.54) is 0 Å². The van der Waals surface area contributed by atoms with Gasteiger partial charge in [0, 0.05) is 18.2 Å². The summed E-state index contributed by atoms with van der Waals surface area (Å²) >= 11 is 0. The van der Waals surface area contributed by atoms with Crippen LogP contribution in [0.15, 0.2) is 23.0 Å². The highest BCUT2D eigenvalue weighted by molar-refractivity contribution is 7.89. The average molecular weight is 218 g/mol. The maximum Gasteiger partial charge on any atom is 0.210 e. The third-order valence-electron chi connectivity index (χ3n) is 1.88. The van der Waals surface area contributed by atoms with Gasteiger partial charge in [-0.25, -0.2) is 13.6 Å². The van der Waals surface area contributed by atoms with Crippen LogP contribution < -0.4 is 10.5 Å². The average Bonchev–Trinajstić information content (AvgIpc) is 2.53. The maximum absolute atomic E-state index is 10.6. The lowest BCUT2D eigenvalue weighted by Crippen LogP contribution is -2.28. The van der Waals surface area contributed by atoms with Crippen molar-refractivity contribution >= 4 is 10.0 Å². The molecule has 1 heterocycles. The van der Waals surface area contributed by atoms with Crippen LogP contribution in [0.3, 0.4) is 0 Å². The summed E-state index contributed by atoms with van der Waals surface area (Å²) in [5.74, 6) is -0.0603. The van der Waals surface area contributed by atoms with E-state index in [2.05, 4.69) is 5.32 Å². The second-order valence-electron chi connectivity index (χ2n) is 3.10. The standard InChI is InChI=1S/C8H14N2O3S/c1-7(8-2-4-13-6-8)10-3-5-14(9,11)12/h2,4,6-7,10H,3,5H2,1H3,(H2,9,11,12). The quantitative estimate of drug-likeness (QED) is 0.740. The van der Waals surface area contributed by atoms with Crippen LogP contribution in [-0.2, 0) is 10.0 Å². The number of nitrogens with two attached hydrogens (primary N) is 1. The molecule has 0 aromatic carbocycles. The van der Waals surface area contributed by atoms with Gasteiger partial charge in [0.25, 0.3) is 0 Å². The van der Waals surface area contributed by atoms with E-state index in [0.29, 0.717) is 6.54 Å².